The second kappa shape index (κ2) is 12.9. The maximum absolute atomic E-state index is 13.3. The van der Waals surface area contributed by atoms with Gasteiger partial charge in [-0.25, -0.2) is 4.98 Å². The summed E-state index contributed by atoms with van der Waals surface area (Å²) in [4.78, 5) is 41.9. The first kappa shape index (κ1) is 26.2. The molecule has 0 unspecified atom stereocenters. The average Bonchev–Trinajstić information content (AvgIpc) is 3.23. The van der Waals surface area contributed by atoms with Crippen molar-refractivity contribution in [2.45, 2.75) is 70.4 Å². The van der Waals surface area contributed by atoms with Gasteiger partial charge in [-0.3, -0.25) is 14.4 Å². The Hall–Kier alpha value is -2.45. The number of halogens is 1. The van der Waals surface area contributed by atoms with Crippen LogP contribution < -0.4 is 16.0 Å². The van der Waals surface area contributed by atoms with Crippen LogP contribution in [0.5, 0.6) is 0 Å². The zero-order valence-electron chi connectivity index (χ0n) is 19.6. The van der Waals surface area contributed by atoms with Gasteiger partial charge in [0.25, 0.3) is 0 Å². The number of amides is 3. The van der Waals surface area contributed by atoms with E-state index in [1.54, 1.807) is 13.0 Å². The molecular formula is C25H33ClN4O3S. The molecule has 1 fully saturated rings. The highest BCUT2D eigenvalue weighted by molar-refractivity contribution is 7.18. The van der Waals surface area contributed by atoms with E-state index in [1.807, 2.05) is 12.1 Å². The number of carbonyl (C=O) groups is 3. The Morgan fingerprint density at radius 1 is 1.24 bits per heavy atom. The number of hydrogen-bond acceptors (Lipinski definition) is 5. The summed E-state index contributed by atoms with van der Waals surface area (Å²) >= 11 is 7.55. The minimum Gasteiger partial charge on any atom is -0.351 e. The van der Waals surface area contributed by atoms with Gasteiger partial charge in [-0.05, 0) is 36.6 Å². The molecule has 2 atom stereocenters. The summed E-state index contributed by atoms with van der Waals surface area (Å²) in [6.07, 6.45) is 8.48. The van der Waals surface area contributed by atoms with Crippen LogP contribution in [0.4, 0.5) is 0 Å². The Bertz CT molecular complexity index is 1020. The minimum atomic E-state index is -0.757. The molecule has 0 radical (unpaired) electrons. The van der Waals surface area contributed by atoms with Crippen molar-refractivity contribution in [2.24, 2.45) is 5.92 Å². The van der Waals surface area contributed by atoms with Gasteiger partial charge in [-0.15, -0.1) is 11.3 Å². The van der Waals surface area contributed by atoms with Crippen molar-refractivity contribution in [3.63, 3.8) is 0 Å². The first-order valence-corrected chi connectivity index (χ1v) is 13.1. The SMILES string of the molecule is C=CC(=O)NC[C@H](CC1CCCCC1)NC(=O)[C@H](Cc1nc2ccc(Cl)cc2s1)NC(=O)CC. The molecule has 0 aliphatic heterocycles. The third kappa shape index (κ3) is 7.81. The molecule has 9 heteroatoms. The van der Waals surface area contributed by atoms with Crippen LogP contribution in [0.15, 0.2) is 30.9 Å². The van der Waals surface area contributed by atoms with Crippen LogP contribution in [0.25, 0.3) is 10.2 Å². The molecule has 7 nitrogen and oxygen atoms in total. The number of aromatic nitrogens is 1. The molecule has 3 amide bonds. The van der Waals surface area contributed by atoms with Crippen molar-refractivity contribution in [3.8, 4) is 0 Å². The van der Waals surface area contributed by atoms with Gasteiger partial charge in [0.2, 0.25) is 17.7 Å². The van der Waals surface area contributed by atoms with Crippen molar-refractivity contribution >= 4 is 50.9 Å². The molecular weight excluding hydrogens is 472 g/mol. The van der Waals surface area contributed by atoms with E-state index >= 15 is 0 Å². The van der Waals surface area contributed by atoms with Crippen molar-refractivity contribution in [1.29, 1.82) is 0 Å². The number of nitrogens with zero attached hydrogens (tertiary/aromatic N) is 1. The van der Waals surface area contributed by atoms with Crippen LogP contribution in [0.2, 0.25) is 5.02 Å². The highest BCUT2D eigenvalue weighted by Crippen LogP contribution is 2.28. The fourth-order valence-electron chi connectivity index (χ4n) is 4.33. The number of thiazole rings is 1. The van der Waals surface area contributed by atoms with Gasteiger partial charge in [-0.1, -0.05) is 57.2 Å². The number of carbonyl (C=O) groups excluding carboxylic acids is 3. The summed E-state index contributed by atoms with van der Waals surface area (Å²) < 4.78 is 0.936. The second-order valence-corrected chi connectivity index (χ2v) is 10.3. The number of rotatable bonds is 11. The normalized spacial score (nSPS) is 15.9. The Kier molecular flexibility index (Phi) is 9.89. The number of benzene rings is 1. The van der Waals surface area contributed by atoms with Gasteiger partial charge in [0.05, 0.1) is 15.2 Å². The fraction of sp³-hybridized carbons (Fsp3) is 0.520. The van der Waals surface area contributed by atoms with Gasteiger partial charge in [0.15, 0.2) is 0 Å². The predicted octanol–water partition coefficient (Wildman–Crippen LogP) is 4.14. The summed E-state index contributed by atoms with van der Waals surface area (Å²) in [5, 5.41) is 10.1. The quantitative estimate of drug-likeness (QED) is 0.400. The topological polar surface area (TPSA) is 100 Å². The third-order valence-electron chi connectivity index (χ3n) is 6.14. The van der Waals surface area contributed by atoms with Crippen LogP contribution in [0, 0.1) is 5.92 Å². The van der Waals surface area contributed by atoms with E-state index in [0.29, 0.717) is 17.5 Å². The maximum Gasteiger partial charge on any atom is 0.243 e. The van der Waals surface area contributed by atoms with Gasteiger partial charge in [0, 0.05) is 30.5 Å². The molecule has 1 saturated carbocycles. The fourth-order valence-corrected chi connectivity index (χ4v) is 5.62. The van der Waals surface area contributed by atoms with Crippen LogP contribution >= 0.6 is 22.9 Å². The summed E-state index contributed by atoms with van der Waals surface area (Å²) in [5.41, 5.74) is 0.813. The minimum absolute atomic E-state index is 0.201. The maximum atomic E-state index is 13.3. The molecule has 1 heterocycles. The van der Waals surface area contributed by atoms with Gasteiger partial charge in [0.1, 0.15) is 6.04 Å². The molecule has 0 bridgehead atoms. The van der Waals surface area contributed by atoms with E-state index < -0.39 is 6.04 Å². The van der Waals surface area contributed by atoms with Crippen LogP contribution in [0.3, 0.4) is 0 Å². The summed E-state index contributed by atoms with van der Waals surface area (Å²) in [5.74, 6) is -0.231. The Balaban J connectivity index is 1.73. The summed E-state index contributed by atoms with van der Waals surface area (Å²) in [7, 11) is 0. The van der Waals surface area contributed by atoms with E-state index in [4.69, 9.17) is 11.6 Å². The molecule has 1 aliphatic carbocycles. The van der Waals surface area contributed by atoms with Gasteiger partial charge >= 0.3 is 0 Å². The van der Waals surface area contributed by atoms with E-state index in [-0.39, 0.29) is 36.6 Å². The molecule has 184 valence electrons. The summed E-state index contributed by atoms with van der Waals surface area (Å²) in [6.45, 7) is 5.57. The molecule has 34 heavy (non-hydrogen) atoms. The summed E-state index contributed by atoms with van der Waals surface area (Å²) in [6, 6.07) is 4.49. The van der Waals surface area contributed by atoms with Gasteiger partial charge < -0.3 is 16.0 Å². The highest BCUT2D eigenvalue weighted by atomic mass is 35.5. The van der Waals surface area contributed by atoms with E-state index in [1.165, 1.54) is 36.7 Å². The molecule has 3 N–H and O–H groups in total. The largest absolute Gasteiger partial charge is 0.351 e. The Labute approximate surface area is 209 Å². The van der Waals surface area contributed by atoms with E-state index in [2.05, 4.69) is 27.5 Å². The Morgan fingerprint density at radius 2 is 2.00 bits per heavy atom. The molecule has 0 saturated heterocycles. The lowest BCUT2D eigenvalue weighted by Gasteiger charge is -2.28. The number of hydrogen-bond donors (Lipinski definition) is 3. The first-order valence-electron chi connectivity index (χ1n) is 11.9. The van der Waals surface area contributed by atoms with Crippen LogP contribution in [-0.2, 0) is 20.8 Å². The van der Waals surface area contributed by atoms with E-state index in [9.17, 15) is 14.4 Å². The molecule has 1 aliphatic rings. The highest BCUT2D eigenvalue weighted by Gasteiger charge is 2.27. The zero-order valence-corrected chi connectivity index (χ0v) is 21.1. The lowest BCUT2D eigenvalue weighted by atomic mass is 9.84. The second-order valence-electron chi connectivity index (χ2n) is 8.79. The number of nitrogens with one attached hydrogen (secondary N) is 3. The molecule has 1 aromatic heterocycles. The smallest absolute Gasteiger partial charge is 0.243 e. The first-order chi connectivity index (χ1) is 16.4. The number of fused-ring (bicyclic) bond motifs is 1. The molecule has 1 aromatic carbocycles. The monoisotopic (exact) mass is 504 g/mol. The molecule has 2 aromatic rings. The average molecular weight is 505 g/mol. The molecule has 3 rings (SSSR count). The lowest BCUT2D eigenvalue weighted by Crippen LogP contribution is -2.53. The van der Waals surface area contributed by atoms with Crippen molar-refractivity contribution in [1.82, 2.24) is 20.9 Å². The standard InChI is InChI=1S/C25H33ClN4O3S/c1-3-22(31)27-15-18(12-16-8-6-5-7-9-16)28-25(33)20(29-23(32)4-2)14-24-30-19-11-10-17(26)13-21(19)34-24/h3,10-11,13,16,18,20H,1,4-9,12,14-15H2,2H3,(H,27,31)(H,28,33)(H,29,32)/t18-,20-/m0/s1. The van der Waals surface area contributed by atoms with Crippen molar-refractivity contribution in [3.05, 3.63) is 40.9 Å². The third-order valence-corrected chi connectivity index (χ3v) is 7.42. The van der Waals surface area contributed by atoms with E-state index in [0.717, 1.165) is 34.5 Å². The Morgan fingerprint density at radius 3 is 2.71 bits per heavy atom. The zero-order chi connectivity index (χ0) is 24.5. The lowest BCUT2D eigenvalue weighted by molar-refractivity contribution is -0.129. The van der Waals surface area contributed by atoms with Crippen molar-refractivity contribution in [2.75, 3.05) is 6.54 Å². The molecule has 0 spiro atoms. The van der Waals surface area contributed by atoms with Crippen LogP contribution in [-0.4, -0.2) is 41.3 Å². The van der Waals surface area contributed by atoms with Gasteiger partial charge in [-0.2, -0.15) is 0 Å². The predicted molar refractivity (Wildman–Crippen MR) is 137 cm³/mol. The van der Waals surface area contributed by atoms with Crippen LogP contribution in [0.1, 0.15) is 56.9 Å². The van der Waals surface area contributed by atoms with Crippen molar-refractivity contribution < 1.29 is 14.4 Å².